The number of nitrogen functional groups attached to an aromatic ring is 1. The molecule has 1 rings (SSSR count). The Morgan fingerprint density at radius 2 is 1.77 bits per heavy atom. The van der Waals surface area contributed by atoms with Gasteiger partial charge >= 0.3 is 6.09 Å². The lowest BCUT2D eigenvalue weighted by atomic mass is 10.2. The largest absolute Gasteiger partial charge is 0.497 e. The third-order valence-electron chi connectivity index (χ3n) is 2.51. The summed E-state index contributed by atoms with van der Waals surface area (Å²) >= 11 is 0. The van der Waals surface area contributed by atoms with E-state index in [1.807, 2.05) is 0 Å². The third kappa shape index (κ3) is 6.34. The number of hydrogen-bond donors (Lipinski definition) is 3. The molecule has 0 saturated carbocycles. The summed E-state index contributed by atoms with van der Waals surface area (Å²) in [5.41, 5.74) is 5.98. The molecule has 0 radical (unpaired) electrons. The molecule has 0 aromatic heterocycles. The van der Waals surface area contributed by atoms with E-state index in [1.165, 1.54) is 7.11 Å². The van der Waals surface area contributed by atoms with Crippen molar-refractivity contribution in [2.75, 3.05) is 25.9 Å². The normalized spacial score (nSPS) is 10.7. The number of nitrogens with one attached hydrogen (secondary N) is 2. The molecule has 0 fully saturated rings. The molecule has 0 heterocycles. The van der Waals surface area contributed by atoms with Gasteiger partial charge in [0.25, 0.3) is 5.91 Å². The number of hydrogen-bond acceptors (Lipinski definition) is 5. The zero-order valence-corrected chi connectivity index (χ0v) is 13.4. The molecule has 4 N–H and O–H groups in total. The third-order valence-corrected chi connectivity index (χ3v) is 2.51. The summed E-state index contributed by atoms with van der Waals surface area (Å²) in [4.78, 5) is 23.4. The summed E-state index contributed by atoms with van der Waals surface area (Å²) in [6.45, 7) is 5.87. The van der Waals surface area contributed by atoms with E-state index in [4.69, 9.17) is 15.2 Å². The number of methoxy groups -OCH3 is 1. The Hall–Kier alpha value is -2.44. The maximum Gasteiger partial charge on any atom is 0.407 e. The molecular weight excluding hydrogens is 286 g/mol. The Morgan fingerprint density at radius 1 is 1.14 bits per heavy atom. The molecule has 122 valence electrons. The van der Waals surface area contributed by atoms with Crippen molar-refractivity contribution < 1.29 is 19.1 Å². The molecule has 7 heteroatoms. The molecule has 0 atom stereocenters. The number of anilines is 1. The fraction of sp³-hybridized carbons (Fsp3) is 0.467. The van der Waals surface area contributed by atoms with Crippen LogP contribution in [0.2, 0.25) is 0 Å². The first-order chi connectivity index (χ1) is 10.2. The van der Waals surface area contributed by atoms with Crippen molar-refractivity contribution in [1.29, 1.82) is 0 Å². The molecule has 0 saturated heterocycles. The van der Waals surface area contributed by atoms with Gasteiger partial charge in [-0.15, -0.1) is 0 Å². The number of nitrogens with two attached hydrogens (primary N) is 1. The lowest BCUT2D eigenvalue weighted by Crippen LogP contribution is -2.37. The van der Waals surface area contributed by atoms with E-state index < -0.39 is 11.7 Å². The molecule has 7 nitrogen and oxygen atoms in total. The van der Waals surface area contributed by atoms with Crippen molar-refractivity contribution >= 4 is 17.7 Å². The average Bonchev–Trinajstić information content (AvgIpc) is 2.40. The Morgan fingerprint density at radius 3 is 2.36 bits per heavy atom. The topological polar surface area (TPSA) is 103 Å². The van der Waals surface area contributed by atoms with Crippen molar-refractivity contribution in [3.8, 4) is 5.75 Å². The van der Waals surface area contributed by atoms with Crippen molar-refractivity contribution in [1.82, 2.24) is 10.6 Å². The standard InChI is InChI=1S/C15H23N3O4/c1-15(2,3)22-14(20)18-6-5-17-13(19)10-7-11(16)9-12(8-10)21-4/h7-9H,5-6,16H2,1-4H3,(H,17,19)(H,18,20). The SMILES string of the molecule is COc1cc(N)cc(C(=O)NCCNC(=O)OC(C)(C)C)c1. The Bertz CT molecular complexity index is 538. The molecule has 22 heavy (non-hydrogen) atoms. The van der Waals surface area contributed by atoms with Crippen molar-refractivity contribution in [2.24, 2.45) is 0 Å². The van der Waals surface area contributed by atoms with E-state index in [0.717, 1.165) is 0 Å². The van der Waals surface area contributed by atoms with E-state index in [9.17, 15) is 9.59 Å². The van der Waals surface area contributed by atoms with Crippen LogP contribution in [-0.4, -0.2) is 37.8 Å². The van der Waals surface area contributed by atoms with Gasteiger partial charge in [0.2, 0.25) is 0 Å². The molecule has 0 spiro atoms. The van der Waals surface area contributed by atoms with Crippen LogP contribution in [0, 0.1) is 0 Å². The van der Waals surface area contributed by atoms with Crippen LogP contribution in [0.3, 0.4) is 0 Å². The number of benzene rings is 1. The predicted octanol–water partition coefficient (Wildman–Crippen LogP) is 1.53. The smallest absolute Gasteiger partial charge is 0.407 e. The maximum atomic E-state index is 12.0. The number of rotatable bonds is 5. The van der Waals surface area contributed by atoms with Gasteiger partial charge in [0.15, 0.2) is 0 Å². The van der Waals surface area contributed by atoms with Crippen LogP contribution in [0.25, 0.3) is 0 Å². The number of ether oxygens (including phenoxy) is 2. The van der Waals surface area contributed by atoms with Crippen LogP contribution in [0.15, 0.2) is 18.2 Å². The highest BCUT2D eigenvalue weighted by molar-refractivity contribution is 5.95. The fourth-order valence-electron chi connectivity index (χ4n) is 1.63. The van der Waals surface area contributed by atoms with Gasteiger partial charge in [0.05, 0.1) is 7.11 Å². The summed E-state index contributed by atoms with van der Waals surface area (Å²) < 4.78 is 10.1. The van der Waals surface area contributed by atoms with Crippen LogP contribution >= 0.6 is 0 Å². The monoisotopic (exact) mass is 309 g/mol. The van der Waals surface area contributed by atoms with Gasteiger partial charge in [-0.1, -0.05) is 0 Å². The summed E-state index contributed by atoms with van der Waals surface area (Å²) in [5.74, 6) is 0.216. The number of alkyl carbamates (subject to hydrolysis) is 1. The Labute approximate surface area is 130 Å². The lowest BCUT2D eigenvalue weighted by Gasteiger charge is -2.19. The van der Waals surface area contributed by atoms with Crippen LogP contribution in [-0.2, 0) is 4.74 Å². The highest BCUT2D eigenvalue weighted by atomic mass is 16.6. The van der Waals surface area contributed by atoms with Gasteiger partial charge in [-0.3, -0.25) is 4.79 Å². The Balaban J connectivity index is 2.41. The molecule has 0 bridgehead atoms. The quantitative estimate of drug-likeness (QED) is 0.565. The van der Waals surface area contributed by atoms with Gasteiger partial charge in [-0.2, -0.15) is 0 Å². The number of carbonyl (C=O) groups excluding carboxylic acids is 2. The molecule has 1 aromatic carbocycles. The van der Waals surface area contributed by atoms with Crippen molar-refractivity contribution in [3.05, 3.63) is 23.8 Å². The Kier molecular flexibility index (Phi) is 6.03. The van der Waals surface area contributed by atoms with E-state index in [1.54, 1.807) is 39.0 Å². The number of carbonyl (C=O) groups is 2. The summed E-state index contributed by atoms with van der Waals surface area (Å²) in [7, 11) is 1.50. The number of amides is 2. The molecule has 0 unspecified atom stereocenters. The van der Waals surface area contributed by atoms with E-state index in [-0.39, 0.29) is 19.0 Å². The van der Waals surface area contributed by atoms with Crippen LogP contribution < -0.4 is 21.1 Å². The molecule has 0 aliphatic rings. The van der Waals surface area contributed by atoms with E-state index >= 15 is 0 Å². The first-order valence-corrected chi connectivity index (χ1v) is 6.91. The molecule has 0 aliphatic heterocycles. The van der Waals surface area contributed by atoms with Crippen molar-refractivity contribution in [3.63, 3.8) is 0 Å². The molecule has 0 aliphatic carbocycles. The predicted molar refractivity (Wildman–Crippen MR) is 84.0 cm³/mol. The minimum absolute atomic E-state index is 0.264. The zero-order chi connectivity index (χ0) is 16.8. The van der Waals surface area contributed by atoms with Gasteiger partial charge in [0.1, 0.15) is 11.4 Å². The van der Waals surface area contributed by atoms with Crippen LogP contribution in [0.4, 0.5) is 10.5 Å². The highest BCUT2D eigenvalue weighted by Crippen LogP contribution is 2.18. The second-order valence-electron chi connectivity index (χ2n) is 5.68. The first kappa shape index (κ1) is 17.6. The highest BCUT2D eigenvalue weighted by Gasteiger charge is 2.15. The summed E-state index contributed by atoms with van der Waals surface area (Å²) in [5, 5.41) is 5.23. The lowest BCUT2D eigenvalue weighted by molar-refractivity contribution is 0.0526. The first-order valence-electron chi connectivity index (χ1n) is 6.91. The van der Waals surface area contributed by atoms with Gasteiger partial charge in [0, 0.05) is 30.4 Å². The van der Waals surface area contributed by atoms with Crippen LogP contribution in [0.5, 0.6) is 5.75 Å². The second kappa shape index (κ2) is 7.53. The average molecular weight is 309 g/mol. The van der Waals surface area contributed by atoms with E-state index in [2.05, 4.69) is 10.6 Å². The molecular formula is C15H23N3O4. The fourth-order valence-corrected chi connectivity index (χ4v) is 1.63. The van der Waals surface area contributed by atoms with E-state index in [0.29, 0.717) is 17.0 Å². The van der Waals surface area contributed by atoms with Gasteiger partial charge in [-0.05, 0) is 32.9 Å². The van der Waals surface area contributed by atoms with Crippen LogP contribution in [0.1, 0.15) is 31.1 Å². The second-order valence-corrected chi connectivity index (χ2v) is 5.68. The minimum atomic E-state index is -0.550. The van der Waals surface area contributed by atoms with Gasteiger partial charge < -0.3 is 25.8 Å². The minimum Gasteiger partial charge on any atom is -0.497 e. The maximum absolute atomic E-state index is 12.0. The summed E-state index contributed by atoms with van der Waals surface area (Å²) in [6, 6.07) is 4.77. The van der Waals surface area contributed by atoms with Crippen molar-refractivity contribution in [2.45, 2.75) is 26.4 Å². The molecule has 2 amide bonds. The van der Waals surface area contributed by atoms with Gasteiger partial charge in [-0.25, -0.2) is 4.79 Å². The molecule has 1 aromatic rings. The zero-order valence-electron chi connectivity index (χ0n) is 13.4. The summed E-state index contributed by atoms with van der Waals surface area (Å²) in [6.07, 6.45) is -0.521.